The Labute approximate surface area is 120 Å². The molecule has 7 nitrogen and oxygen atoms in total. The highest BCUT2D eigenvalue weighted by Crippen LogP contribution is 2.13. The molecular weight excluding hydrogens is 278 g/mol. The topological polar surface area (TPSA) is 120 Å². The van der Waals surface area contributed by atoms with E-state index in [1.807, 2.05) is 6.26 Å². The van der Waals surface area contributed by atoms with Crippen molar-refractivity contribution in [1.82, 2.24) is 20.3 Å². The van der Waals surface area contributed by atoms with Gasteiger partial charge in [0.15, 0.2) is 0 Å². The Morgan fingerprint density at radius 1 is 1.60 bits per heavy atom. The van der Waals surface area contributed by atoms with E-state index in [-0.39, 0.29) is 24.0 Å². The maximum atomic E-state index is 11.7. The Morgan fingerprint density at radius 2 is 2.40 bits per heavy atom. The third kappa shape index (κ3) is 3.33. The number of aromatic amines is 2. The summed E-state index contributed by atoms with van der Waals surface area (Å²) >= 11 is 1.71. The predicted molar refractivity (Wildman–Crippen MR) is 81.8 cm³/mol. The zero-order valence-electron chi connectivity index (χ0n) is 11.3. The molecule has 0 aliphatic heterocycles. The second-order valence-corrected chi connectivity index (χ2v) is 5.53. The fourth-order valence-electron chi connectivity index (χ4n) is 2.04. The van der Waals surface area contributed by atoms with E-state index in [9.17, 15) is 9.90 Å². The van der Waals surface area contributed by atoms with Gasteiger partial charge in [-0.15, -0.1) is 0 Å². The lowest BCUT2D eigenvalue weighted by Gasteiger charge is -2.13. The van der Waals surface area contributed by atoms with Crippen molar-refractivity contribution in [2.45, 2.75) is 6.54 Å². The van der Waals surface area contributed by atoms with Gasteiger partial charge in [-0.05, 0) is 12.0 Å². The molecule has 0 amide bonds. The van der Waals surface area contributed by atoms with Crippen molar-refractivity contribution in [1.29, 1.82) is 0 Å². The van der Waals surface area contributed by atoms with Crippen molar-refractivity contribution in [2.24, 2.45) is 5.92 Å². The number of anilines is 1. The van der Waals surface area contributed by atoms with Crippen LogP contribution < -0.4 is 16.6 Å². The summed E-state index contributed by atoms with van der Waals surface area (Å²) in [5.41, 5.74) is 7.19. The molecule has 0 bridgehead atoms. The second-order valence-electron chi connectivity index (χ2n) is 4.62. The number of nitrogens with zero attached hydrogens (tertiary/aromatic N) is 1. The third-order valence-corrected chi connectivity index (χ3v) is 3.85. The molecule has 0 aliphatic rings. The lowest BCUT2D eigenvalue weighted by molar-refractivity contribution is 0.236. The van der Waals surface area contributed by atoms with Gasteiger partial charge >= 0.3 is 0 Å². The maximum absolute atomic E-state index is 11.7. The molecule has 0 saturated carbocycles. The molecule has 0 aromatic carbocycles. The minimum atomic E-state index is -0.269. The molecule has 0 aliphatic carbocycles. The van der Waals surface area contributed by atoms with Gasteiger partial charge in [-0.3, -0.25) is 9.78 Å². The highest BCUT2D eigenvalue weighted by Gasteiger charge is 2.10. The molecule has 8 heteroatoms. The van der Waals surface area contributed by atoms with Gasteiger partial charge in [0.05, 0.1) is 0 Å². The van der Waals surface area contributed by atoms with E-state index in [2.05, 4.69) is 20.3 Å². The SMILES string of the molecule is CSCC(CO)CNCc1c[nH]c2c(=O)[nH]c(N)nc12. The summed E-state index contributed by atoms with van der Waals surface area (Å²) in [4.78, 5) is 21.2. The second kappa shape index (κ2) is 6.78. The average Bonchev–Trinajstić information content (AvgIpc) is 2.81. The van der Waals surface area contributed by atoms with Gasteiger partial charge in [-0.25, -0.2) is 4.98 Å². The van der Waals surface area contributed by atoms with Crippen LogP contribution in [0.15, 0.2) is 11.0 Å². The molecule has 0 fully saturated rings. The fraction of sp³-hybridized carbons (Fsp3) is 0.500. The van der Waals surface area contributed by atoms with Gasteiger partial charge in [-0.2, -0.15) is 11.8 Å². The fourth-order valence-corrected chi connectivity index (χ4v) is 2.74. The van der Waals surface area contributed by atoms with Crippen molar-refractivity contribution < 1.29 is 5.11 Å². The molecule has 2 heterocycles. The molecule has 2 rings (SSSR count). The first-order valence-electron chi connectivity index (χ1n) is 6.32. The Kier molecular flexibility index (Phi) is 5.05. The number of thioether (sulfide) groups is 1. The Morgan fingerprint density at radius 3 is 3.10 bits per heavy atom. The van der Waals surface area contributed by atoms with Crippen molar-refractivity contribution in [3.05, 3.63) is 22.1 Å². The monoisotopic (exact) mass is 297 g/mol. The van der Waals surface area contributed by atoms with Gasteiger partial charge in [0.1, 0.15) is 11.0 Å². The summed E-state index contributed by atoms with van der Waals surface area (Å²) in [6, 6.07) is 0. The number of aliphatic hydroxyl groups excluding tert-OH is 1. The first-order chi connectivity index (χ1) is 9.65. The van der Waals surface area contributed by atoms with E-state index in [0.29, 0.717) is 24.1 Å². The predicted octanol–water partition coefficient (Wildman–Crippen LogP) is -0.105. The van der Waals surface area contributed by atoms with E-state index >= 15 is 0 Å². The summed E-state index contributed by atoms with van der Waals surface area (Å²) in [5, 5.41) is 12.5. The van der Waals surface area contributed by atoms with Crippen LogP contribution in [0.1, 0.15) is 5.56 Å². The first-order valence-corrected chi connectivity index (χ1v) is 7.71. The number of hydrogen-bond acceptors (Lipinski definition) is 6. The number of hydrogen-bond donors (Lipinski definition) is 5. The van der Waals surface area contributed by atoms with Gasteiger partial charge in [0.2, 0.25) is 5.95 Å². The molecule has 6 N–H and O–H groups in total. The number of rotatable bonds is 7. The molecular formula is C12H19N5O2S. The van der Waals surface area contributed by atoms with Crippen LogP contribution >= 0.6 is 11.8 Å². The van der Waals surface area contributed by atoms with Crippen molar-refractivity contribution >= 4 is 28.7 Å². The molecule has 110 valence electrons. The first kappa shape index (κ1) is 14.9. The molecule has 0 radical (unpaired) electrons. The largest absolute Gasteiger partial charge is 0.396 e. The van der Waals surface area contributed by atoms with E-state index in [4.69, 9.17) is 5.73 Å². The summed E-state index contributed by atoms with van der Waals surface area (Å²) in [5.74, 6) is 1.23. The minimum Gasteiger partial charge on any atom is -0.396 e. The smallest absolute Gasteiger partial charge is 0.276 e. The number of aromatic nitrogens is 3. The Hall–Kier alpha value is -1.51. The quantitative estimate of drug-likeness (QED) is 0.486. The average molecular weight is 297 g/mol. The van der Waals surface area contributed by atoms with E-state index < -0.39 is 0 Å². The molecule has 1 atom stereocenters. The maximum Gasteiger partial charge on any atom is 0.276 e. The molecule has 2 aromatic rings. The van der Waals surface area contributed by atoms with Crippen LogP contribution in [0.2, 0.25) is 0 Å². The van der Waals surface area contributed by atoms with Gasteiger partial charge in [0.25, 0.3) is 5.56 Å². The van der Waals surface area contributed by atoms with Crippen LogP contribution in [0.5, 0.6) is 0 Å². The molecule has 1 unspecified atom stereocenters. The van der Waals surface area contributed by atoms with Gasteiger partial charge in [-0.1, -0.05) is 0 Å². The zero-order chi connectivity index (χ0) is 14.5. The summed E-state index contributed by atoms with van der Waals surface area (Å²) < 4.78 is 0. The Bertz CT molecular complexity index is 624. The van der Waals surface area contributed by atoms with Crippen LogP contribution in [0, 0.1) is 5.92 Å². The summed E-state index contributed by atoms with van der Waals surface area (Å²) in [7, 11) is 0. The van der Waals surface area contributed by atoms with Crippen molar-refractivity contribution in [3.8, 4) is 0 Å². The van der Waals surface area contributed by atoms with Crippen LogP contribution in [0.25, 0.3) is 11.0 Å². The zero-order valence-corrected chi connectivity index (χ0v) is 12.1. The lowest BCUT2D eigenvalue weighted by Crippen LogP contribution is -2.26. The van der Waals surface area contributed by atoms with Crippen LogP contribution in [-0.4, -0.2) is 45.2 Å². The highest BCUT2D eigenvalue weighted by molar-refractivity contribution is 7.98. The van der Waals surface area contributed by atoms with Gasteiger partial charge < -0.3 is 21.1 Å². The summed E-state index contributed by atoms with van der Waals surface area (Å²) in [6.07, 6.45) is 3.77. The standard InChI is InChI=1S/C12H19N5O2S/c1-20-6-7(5-18)2-14-3-8-4-15-10-9(8)16-12(13)17-11(10)19/h4,7,14-15,18H,2-3,5-6H2,1H3,(H3,13,16,17,19). The van der Waals surface area contributed by atoms with E-state index in [0.717, 1.165) is 11.3 Å². The normalized spacial score (nSPS) is 12.9. The van der Waals surface area contributed by atoms with Crippen LogP contribution in [0.4, 0.5) is 5.95 Å². The number of nitrogens with two attached hydrogens (primary N) is 1. The summed E-state index contributed by atoms with van der Waals surface area (Å²) in [6.45, 7) is 1.44. The van der Waals surface area contributed by atoms with Crippen LogP contribution in [0.3, 0.4) is 0 Å². The van der Waals surface area contributed by atoms with E-state index in [1.54, 1.807) is 18.0 Å². The minimum absolute atomic E-state index is 0.110. The third-order valence-electron chi connectivity index (χ3n) is 3.04. The van der Waals surface area contributed by atoms with Crippen molar-refractivity contribution in [2.75, 3.05) is 30.9 Å². The molecule has 0 saturated heterocycles. The Balaban J connectivity index is 2.05. The van der Waals surface area contributed by atoms with Crippen LogP contribution in [-0.2, 0) is 6.54 Å². The van der Waals surface area contributed by atoms with E-state index in [1.165, 1.54) is 0 Å². The van der Waals surface area contributed by atoms with Crippen molar-refractivity contribution in [3.63, 3.8) is 0 Å². The molecule has 20 heavy (non-hydrogen) atoms. The highest BCUT2D eigenvalue weighted by atomic mass is 32.2. The number of nitrogen functional groups attached to an aromatic ring is 1. The van der Waals surface area contributed by atoms with Gasteiger partial charge in [0, 0.05) is 37.4 Å². The number of fused-ring (bicyclic) bond motifs is 1. The lowest BCUT2D eigenvalue weighted by atomic mass is 10.2. The molecule has 2 aromatic heterocycles. The number of nitrogens with one attached hydrogen (secondary N) is 3. The number of H-pyrrole nitrogens is 2. The molecule has 0 spiro atoms. The number of aliphatic hydroxyl groups is 1.